The number of fused-ring (bicyclic) bond motifs is 1. The Balaban J connectivity index is 2.40. The third kappa shape index (κ3) is 4.71. The van der Waals surface area contributed by atoms with Crippen LogP contribution in [0.4, 0.5) is 26.3 Å². The average molecular weight is 459 g/mol. The van der Waals surface area contributed by atoms with Crippen LogP contribution in [-0.4, -0.2) is 17.8 Å². The molecule has 9 heteroatoms. The zero-order chi connectivity index (χ0) is 24.1. The molecular formula is C23H23F6NO2. The smallest absolute Gasteiger partial charge is 0.411 e. The van der Waals surface area contributed by atoms with Crippen LogP contribution in [-0.2, 0) is 17.0 Å². The first-order valence-corrected chi connectivity index (χ1v) is 9.89. The SMILES string of the molecule is CC1(C)CCC(C)(C)c2cc(C(F)(F)F)c(-c3cc(/C=N/O)ccc3OC(F)(F)F)cc21. The molecule has 0 bridgehead atoms. The maximum Gasteiger partial charge on any atom is 0.573 e. The van der Waals surface area contributed by atoms with Crippen molar-refractivity contribution < 1.29 is 36.3 Å². The zero-order valence-electron chi connectivity index (χ0n) is 17.9. The van der Waals surface area contributed by atoms with Crippen molar-refractivity contribution in [3.63, 3.8) is 0 Å². The van der Waals surface area contributed by atoms with Gasteiger partial charge in [0.1, 0.15) is 5.75 Å². The lowest BCUT2D eigenvalue weighted by atomic mass is 9.62. The Morgan fingerprint density at radius 2 is 1.44 bits per heavy atom. The largest absolute Gasteiger partial charge is 0.573 e. The maximum atomic E-state index is 14.1. The lowest BCUT2D eigenvalue weighted by Gasteiger charge is -2.42. The number of rotatable bonds is 3. The Labute approximate surface area is 181 Å². The van der Waals surface area contributed by atoms with Gasteiger partial charge in [-0.3, -0.25) is 0 Å². The highest BCUT2D eigenvalue weighted by molar-refractivity contribution is 5.85. The first-order chi connectivity index (χ1) is 14.5. The van der Waals surface area contributed by atoms with Crippen molar-refractivity contribution in [1.82, 2.24) is 0 Å². The summed E-state index contributed by atoms with van der Waals surface area (Å²) in [6.07, 6.45) is -7.62. The second-order valence-corrected chi connectivity index (χ2v) is 9.26. The van der Waals surface area contributed by atoms with E-state index in [4.69, 9.17) is 5.21 Å². The van der Waals surface area contributed by atoms with Gasteiger partial charge in [-0.15, -0.1) is 13.2 Å². The van der Waals surface area contributed by atoms with Crippen molar-refractivity contribution >= 4 is 6.21 Å². The minimum Gasteiger partial charge on any atom is -0.411 e. The lowest BCUT2D eigenvalue weighted by Crippen LogP contribution is -2.34. The van der Waals surface area contributed by atoms with Gasteiger partial charge in [0.25, 0.3) is 0 Å². The van der Waals surface area contributed by atoms with Crippen molar-refractivity contribution in [2.45, 2.75) is 63.9 Å². The quantitative estimate of drug-likeness (QED) is 0.224. The number of halogens is 6. The van der Waals surface area contributed by atoms with Gasteiger partial charge < -0.3 is 9.94 Å². The number of alkyl halides is 6. The van der Waals surface area contributed by atoms with Crippen molar-refractivity contribution in [3.05, 3.63) is 52.6 Å². The van der Waals surface area contributed by atoms with Crippen LogP contribution in [0.3, 0.4) is 0 Å². The van der Waals surface area contributed by atoms with Gasteiger partial charge in [0.05, 0.1) is 11.8 Å². The van der Waals surface area contributed by atoms with Gasteiger partial charge in [-0.1, -0.05) is 32.9 Å². The topological polar surface area (TPSA) is 41.8 Å². The average Bonchev–Trinajstić information content (AvgIpc) is 2.64. The predicted molar refractivity (Wildman–Crippen MR) is 108 cm³/mol. The van der Waals surface area contributed by atoms with Gasteiger partial charge in [0, 0.05) is 5.56 Å². The summed E-state index contributed by atoms with van der Waals surface area (Å²) in [5.74, 6) is -0.772. The van der Waals surface area contributed by atoms with Crippen LogP contribution in [0, 0.1) is 0 Å². The van der Waals surface area contributed by atoms with Crippen LogP contribution in [0.1, 0.15) is 62.8 Å². The maximum absolute atomic E-state index is 14.1. The van der Waals surface area contributed by atoms with Crippen LogP contribution in [0.2, 0.25) is 0 Å². The second-order valence-electron chi connectivity index (χ2n) is 9.26. The Bertz CT molecular complexity index is 1050. The van der Waals surface area contributed by atoms with Crippen molar-refractivity contribution in [3.8, 4) is 16.9 Å². The van der Waals surface area contributed by atoms with Gasteiger partial charge in [-0.25, -0.2) is 0 Å². The Morgan fingerprint density at radius 1 is 0.875 bits per heavy atom. The fraction of sp³-hybridized carbons (Fsp3) is 0.435. The molecule has 0 saturated heterocycles. The van der Waals surface area contributed by atoms with Crippen molar-refractivity contribution in [1.29, 1.82) is 0 Å². The summed E-state index contributed by atoms with van der Waals surface area (Å²) in [4.78, 5) is 0. The molecule has 0 atom stereocenters. The van der Waals surface area contributed by atoms with E-state index in [1.165, 1.54) is 6.07 Å². The first kappa shape index (κ1) is 23.9. The number of ether oxygens (including phenoxy) is 1. The third-order valence-corrected chi connectivity index (χ3v) is 6.02. The van der Waals surface area contributed by atoms with E-state index >= 15 is 0 Å². The molecule has 1 aliphatic rings. The molecule has 0 radical (unpaired) electrons. The molecule has 2 aromatic rings. The molecule has 3 nitrogen and oxygen atoms in total. The van der Waals surface area contributed by atoms with Crippen molar-refractivity contribution in [2.24, 2.45) is 5.16 Å². The Kier molecular flexibility index (Phi) is 5.77. The highest BCUT2D eigenvalue weighted by Crippen LogP contribution is 2.51. The van der Waals surface area contributed by atoms with E-state index in [9.17, 15) is 26.3 Å². The van der Waals surface area contributed by atoms with Gasteiger partial charge in [0.15, 0.2) is 0 Å². The van der Waals surface area contributed by atoms with E-state index in [2.05, 4.69) is 9.89 Å². The van der Waals surface area contributed by atoms with E-state index < -0.39 is 45.8 Å². The minimum absolute atomic E-state index is 0.113. The number of hydrogen-bond acceptors (Lipinski definition) is 3. The molecule has 1 aliphatic carbocycles. The van der Waals surface area contributed by atoms with Gasteiger partial charge >= 0.3 is 12.5 Å². The van der Waals surface area contributed by atoms with Gasteiger partial charge in [0.2, 0.25) is 0 Å². The monoisotopic (exact) mass is 459 g/mol. The van der Waals surface area contributed by atoms with Crippen LogP contribution in [0.15, 0.2) is 35.5 Å². The molecule has 0 aromatic heterocycles. The third-order valence-electron chi connectivity index (χ3n) is 6.02. The molecule has 0 spiro atoms. The summed E-state index contributed by atoms with van der Waals surface area (Å²) in [6.45, 7) is 7.52. The highest BCUT2D eigenvalue weighted by Gasteiger charge is 2.42. The van der Waals surface area contributed by atoms with Crippen molar-refractivity contribution in [2.75, 3.05) is 0 Å². The molecule has 0 aliphatic heterocycles. The predicted octanol–water partition coefficient (Wildman–Crippen LogP) is 7.43. The molecule has 0 unspecified atom stereocenters. The minimum atomic E-state index is -5.10. The summed E-state index contributed by atoms with van der Waals surface area (Å²) < 4.78 is 85.5. The van der Waals surface area contributed by atoms with Crippen LogP contribution in [0.5, 0.6) is 5.75 Å². The summed E-state index contributed by atoms with van der Waals surface area (Å²) in [5, 5.41) is 11.6. The molecule has 0 fully saturated rings. The summed E-state index contributed by atoms with van der Waals surface area (Å²) >= 11 is 0. The summed E-state index contributed by atoms with van der Waals surface area (Å²) in [6, 6.07) is 5.53. The Morgan fingerprint density at radius 3 is 1.94 bits per heavy atom. The summed E-state index contributed by atoms with van der Waals surface area (Å²) in [7, 11) is 0. The number of nitrogens with zero attached hydrogens (tertiary/aromatic N) is 1. The molecule has 174 valence electrons. The number of hydrogen-bond donors (Lipinski definition) is 1. The van der Waals surface area contributed by atoms with E-state index in [1.54, 1.807) is 0 Å². The molecule has 0 saturated carbocycles. The van der Waals surface area contributed by atoms with Crippen LogP contribution in [0.25, 0.3) is 11.1 Å². The molecule has 3 rings (SSSR count). The standard InChI is InChI=1S/C23H23F6NO2/c1-20(2)7-8-21(3,4)18-11-16(22(24,25)26)14(10-17(18)20)15-9-13(12-30-31)5-6-19(15)32-23(27,28)29/h5-6,9-12,31H,7-8H2,1-4H3/b30-12+. The van der Waals surface area contributed by atoms with E-state index in [0.29, 0.717) is 24.0 Å². The van der Waals surface area contributed by atoms with Crippen LogP contribution >= 0.6 is 0 Å². The van der Waals surface area contributed by atoms with Crippen LogP contribution < -0.4 is 4.74 Å². The van der Waals surface area contributed by atoms with E-state index in [-0.39, 0.29) is 5.56 Å². The first-order valence-electron chi connectivity index (χ1n) is 9.89. The van der Waals surface area contributed by atoms with Gasteiger partial charge in [-0.2, -0.15) is 13.2 Å². The number of oxime groups is 1. The molecule has 1 N–H and O–H groups in total. The molecule has 32 heavy (non-hydrogen) atoms. The fourth-order valence-corrected chi connectivity index (χ4v) is 4.19. The van der Waals surface area contributed by atoms with Gasteiger partial charge in [-0.05, 0) is 76.3 Å². The molecule has 2 aromatic carbocycles. The number of benzene rings is 2. The zero-order valence-corrected chi connectivity index (χ0v) is 17.9. The Hall–Kier alpha value is -2.71. The molecular weight excluding hydrogens is 436 g/mol. The normalized spacial score (nSPS) is 17.9. The highest BCUT2D eigenvalue weighted by atomic mass is 19.4. The molecule has 0 amide bonds. The van der Waals surface area contributed by atoms with E-state index in [1.807, 2.05) is 27.7 Å². The molecule has 0 heterocycles. The van der Waals surface area contributed by atoms with E-state index in [0.717, 1.165) is 30.5 Å². The summed E-state index contributed by atoms with van der Waals surface area (Å²) in [5.41, 5.74) is -1.58. The fourth-order valence-electron chi connectivity index (χ4n) is 4.19. The lowest BCUT2D eigenvalue weighted by molar-refractivity contribution is -0.274. The second kappa shape index (κ2) is 7.71.